The van der Waals surface area contributed by atoms with E-state index in [4.69, 9.17) is 22.1 Å². The molecule has 4 nitrogen and oxygen atoms in total. The van der Waals surface area contributed by atoms with Crippen molar-refractivity contribution >= 4 is 44.8 Å². The minimum absolute atomic E-state index is 0.114. The molecular weight excluding hydrogens is 308 g/mol. The molecule has 2 aromatic carbocycles. The molecule has 0 aliphatic rings. The summed E-state index contributed by atoms with van der Waals surface area (Å²) in [7, 11) is 0. The zero-order valence-corrected chi connectivity index (χ0v) is 12.4. The van der Waals surface area contributed by atoms with E-state index >= 15 is 0 Å². The molecule has 0 aliphatic carbocycles. The average Bonchev–Trinajstić information content (AvgIpc) is 2.90. The number of hydrogen-bond donors (Lipinski definition) is 1. The Morgan fingerprint density at radius 2 is 2.10 bits per heavy atom. The van der Waals surface area contributed by atoms with Gasteiger partial charge in [0.2, 0.25) is 0 Å². The highest BCUT2D eigenvalue weighted by Gasteiger charge is 2.13. The van der Waals surface area contributed by atoms with Crippen molar-refractivity contribution in [2.45, 2.75) is 6.61 Å². The van der Waals surface area contributed by atoms with Gasteiger partial charge in [-0.05, 0) is 30.3 Å². The first-order valence-corrected chi connectivity index (χ1v) is 7.39. The third kappa shape index (κ3) is 2.99. The molecule has 0 fully saturated rings. The van der Waals surface area contributed by atoms with Crippen molar-refractivity contribution in [1.82, 2.24) is 4.98 Å². The topological polar surface area (TPSA) is 65.2 Å². The highest BCUT2D eigenvalue weighted by molar-refractivity contribution is 7.18. The van der Waals surface area contributed by atoms with Gasteiger partial charge in [0.25, 0.3) is 0 Å². The summed E-state index contributed by atoms with van der Waals surface area (Å²) in [5.41, 5.74) is 7.27. The number of carbonyl (C=O) groups excluding carboxylic acids is 1. The Morgan fingerprint density at radius 1 is 1.29 bits per heavy atom. The van der Waals surface area contributed by atoms with E-state index < -0.39 is 5.97 Å². The molecule has 0 aliphatic heterocycles. The van der Waals surface area contributed by atoms with Crippen LogP contribution in [0, 0.1) is 0 Å². The summed E-state index contributed by atoms with van der Waals surface area (Å²) in [6, 6.07) is 12.5. The van der Waals surface area contributed by atoms with Gasteiger partial charge in [-0.15, -0.1) is 11.3 Å². The van der Waals surface area contributed by atoms with Crippen molar-refractivity contribution in [1.29, 1.82) is 0 Å². The van der Waals surface area contributed by atoms with Crippen LogP contribution < -0.4 is 5.73 Å². The fraction of sp³-hybridized carbons (Fsp3) is 0.0667. The van der Waals surface area contributed by atoms with Crippen LogP contribution in [0.4, 0.5) is 5.69 Å². The van der Waals surface area contributed by atoms with Gasteiger partial charge in [0.1, 0.15) is 11.6 Å². The number of halogens is 1. The van der Waals surface area contributed by atoms with Gasteiger partial charge in [0.05, 0.1) is 20.8 Å². The Labute approximate surface area is 130 Å². The Kier molecular flexibility index (Phi) is 3.77. The number of ether oxygens (including phenoxy) is 1. The van der Waals surface area contributed by atoms with E-state index in [9.17, 15) is 4.79 Å². The van der Waals surface area contributed by atoms with Gasteiger partial charge in [0, 0.05) is 5.69 Å². The van der Waals surface area contributed by atoms with Crippen molar-refractivity contribution in [3.63, 3.8) is 0 Å². The van der Waals surface area contributed by atoms with Crippen molar-refractivity contribution < 1.29 is 9.53 Å². The third-order valence-corrected chi connectivity index (χ3v) is 4.21. The molecule has 3 aromatic rings. The predicted molar refractivity (Wildman–Crippen MR) is 84.6 cm³/mol. The van der Waals surface area contributed by atoms with E-state index in [0.29, 0.717) is 10.7 Å². The first kappa shape index (κ1) is 13.9. The molecule has 2 N–H and O–H groups in total. The molecule has 0 radical (unpaired) electrons. The highest BCUT2D eigenvalue weighted by Crippen LogP contribution is 2.23. The minimum atomic E-state index is -0.508. The lowest BCUT2D eigenvalue weighted by Gasteiger charge is -2.05. The smallest absolute Gasteiger partial charge is 0.340 e. The van der Waals surface area contributed by atoms with Crippen LogP contribution in [0.25, 0.3) is 10.2 Å². The van der Waals surface area contributed by atoms with Gasteiger partial charge >= 0.3 is 5.97 Å². The van der Waals surface area contributed by atoms with Crippen LogP contribution in [-0.2, 0) is 11.3 Å². The number of rotatable bonds is 3. The van der Waals surface area contributed by atoms with Gasteiger partial charge in [-0.2, -0.15) is 0 Å². The van der Waals surface area contributed by atoms with Crippen molar-refractivity contribution in [2.75, 3.05) is 5.73 Å². The second-order valence-corrected chi connectivity index (χ2v) is 5.91. The van der Waals surface area contributed by atoms with E-state index in [1.165, 1.54) is 17.4 Å². The Morgan fingerprint density at radius 3 is 2.90 bits per heavy atom. The number of fused-ring (bicyclic) bond motifs is 1. The van der Waals surface area contributed by atoms with Crippen LogP contribution in [0.15, 0.2) is 42.5 Å². The van der Waals surface area contributed by atoms with Crippen molar-refractivity contribution in [3.8, 4) is 0 Å². The number of para-hydroxylation sites is 1. The minimum Gasteiger partial charge on any atom is -0.455 e. The molecule has 1 aromatic heterocycles. The summed E-state index contributed by atoms with van der Waals surface area (Å²) in [5.74, 6) is -0.508. The molecule has 0 atom stereocenters. The molecule has 0 amide bonds. The molecule has 0 saturated carbocycles. The summed E-state index contributed by atoms with van der Waals surface area (Å²) in [6.45, 7) is 0.114. The predicted octanol–water partition coefficient (Wildman–Crippen LogP) is 3.89. The number of thiazole rings is 1. The number of nitrogens with zero attached hydrogens (tertiary/aromatic N) is 1. The fourth-order valence-electron chi connectivity index (χ4n) is 1.89. The number of aromatic nitrogens is 1. The van der Waals surface area contributed by atoms with Gasteiger partial charge in [-0.25, -0.2) is 9.78 Å². The Balaban J connectivity index is 1.74. The zero-order chi connectivity index (χ0) is 14.8. The molecule has 0 spiro atoms. The van der Waals surface area contributed by atoms with Crippen LogP contribution in [0.2, 0.25) is 5.02 Å². The third-order valence-electron chi connectivity index (χ3n) is 2.88. The summed E-state index contributed by atoms with van der Waals surface area (Å²) in [4.78, 5) is 16.4. The number of hydrogen-bond acceptors (Lipinski definition) is 5. The summed E-state index contributed by atoms with van der Waals surface area (Å²) in [5, 5.41) is 1.06. The maximum Gasteiger partial charge on any atom is 0.340 e. The van der Waals surface area contributed by atoms with E-state index in [2.05, 4.69) is 4.98 Å². The van der Waals surface area contributed by atoms with E-state index in [1.54, 1.807) is 12.1 Å². The monoisotopic (exact) mass is 318 g/mol. The van der Waals surface area contributed by atoms with Crippen LogP contribution in [0.5, 0.6) is 0 Å². The Hall–Kier alpha value is -2.11. The van der Waals surface area contributed by atoms with Crippen LogP contribution in [0.3, 0.4) is 0 Å². The van der Waals surface area contributed by atoms with Gasteiger partial charge < -0.3 is 10.5 Å². The van der Waals surface area contributed by atoms with Crippen molar-refractivity contribution in [2.24, 2.45) is 0 Å². The molecule has 1 heterocycles. The summed E-state index contributed by atoms with van der Waals surface area (Å²) in [6.07, 6.45) is 0. The number of nitrogens with two attached hydrogens (primary N) is 1. The quantitative estimate of drug-likeness (QED) is 0.587. The number of benzene rings is 2. The lowest BCUT2D eigenvalue weighted by molar-refractivity contribution is 0.0473. The second kappa shape index (κ2) is 5.71. The molecule has 0 bridgehead atoms. The number of esters is 1. The van der Waals surface area contributed by atoms with Crippen molar-refractivity contribution in [3.05, 3.63) is 58.1 Å². The normalized spacial score (nSPS) is 10.7. The molecular formula is C15H11ClN2O2S. The molecule has 106 valence electrons. The lowest BCUT2D eigenvalue weighted by Crippen LogP contribution is -2.06. The SMILES string of the molecule is Nc1ccc(Cl)c(C(=O)OCc2nc3ccccc3s2)c1. The van der Waals surface area contributed by atoms with E-state index in [0.717, 1.165) is 15.2 Å². The second-order valence-electron chi connectivity index (χ2n) is 4.39. The van der Waals surface area contributed by atoms with Crippen LogP contribution in [0.1, 0.15) is 15.4 Å². The molecule has 6 heteroatoms. The largest absolute Gasteiger partial charge is 0.455 e. The average molecular weight is 319 g/mol. The molecule has 0 unspecified atom stereocenters. The van der Waals surface area contributed by atoms with Gasteiger partial charge in [-0.3, -0.25) is 0 Å². The van der Waals surface area contributed by atoms with Gasteiger partial charge in [0.15, 0.2) is 0 Å². The highest BCUT2D eigenvalue weighted by atomic mass is 35.5. The fourth-order valence-corrected chi connectivity index (χ4v) is 2.96. The van der Waals surface area contributed by atoms with Gasteiger partial charge in [-0.1, -0.05) is 23.7 Å². The number of nitrogen functional groups attached to an aromatic ring is 1. The maximum atomic E-state index is 12.0. The molecule has 21 heavy (non-hydrogen) atoms. The molecule has 0 saturated heterocycles. The Bertz CT molecular complexity index is 783. The number of carbonyl (C=O) groups is 1. The standard InChI is InChI=1S/C15H11ClN2O2S/c16-11-6-5-9(17)7-10(11)15(19)20-8-14-18-12-3-1-2-4-13(12)21-14/h1-7H,8,17H2. The summed E-state index contributed by atoms with van der Waals surface area (Å²) >= 11 is 7.46. The van der Waals surface area contributed by atoms with Crippen LogP contribution >= 0.6 is 22.9 Å². The first-order valence-electron chi connectivity index (χ1n) is 6.20. The molecule has 3 rings (SSSR count). The van der Waals surface area contributed by atoms with E-state index in [1.807, 2.05) is 24.3 Å². The zero-order valence-electron chi connectivity index (χ0n) is 10.9. The summed E-state index contributed by atoms with van der Waals surface area (Å²) < 4.78 is 6.31. The van der Waals surface area contributed by atoms with Crippen LogP contribution in [-0.4, -0.2) is 11.0 Å². The maximum absolute atomic E-state index is 12.0. The number of anilines is 1. The lowest BCUT2D eigenvalue weighted by atomic mass is 10.2. The van der Waals surface area contributed by atoms with E-state index in [-0.39, 0.29) is 12.2 Å². The first-order chi connectivity index (χ1) is 10.1.